The predicted molar refractivity (Wildman–Crippen MR) is 102 cm³/mol. The number of rotatable bonds is 6. The standard InChI is InChI=1S/C18H17F3N4O3S/c1-11(12-5-4-6-13(9-12)18(19,20)21)23-28-10-15-14(7-8-29-15)25-16(27-3)22-24(2)17(25)26/h4-9H,10H2,1-3H3/b23-11-. The molecule has 11 heteroatoms. The molecule has 0 N–H and O–H groups in total. The highest BCUT2D eigenvalue weighted by Gasteiger charge is 2.30. The highest BCUT2D eigenvalue weighted by Crippen LogP contribution is 2.29. The Bertz CT molecular complexity index is 1100. The highest BCUT2D eigenvalue weighted by atomic mass is 32.1. The second-order valence-electron chi connectivity index (χ2n) is 5.99. The van der Waals surface area contributed by atoms with E-state index in [9.17, 15) is 18.0 Å². The van der Waals surface area contributed by atoms with Gasteiger partial charge in [0.2, 0.25) is 0 Å². The number of hydrogen-bond acceptors (Lipinski definition) is 6. The molecule has 7 nitrogen and oxygen atoms in total. The van der Waals surface area contributed by atoms with Crippen LogP contribution in [-0.2, 0) is 24.7 Å². The first kappa shape index (κ1) is 20.6. The fraction of sp³-hybridized carbons (Fsp3) is 0.278. The SMILES string of the molecule is COc1nn(C)c(=O)n1-c1ccsc1CO/N=C(/C)c1cccc(C(F)(F)F)c1. The second kappa shape index (κ2) is 8.11. The van der Waals surface area contributed by atoms with Gasteiger partial charge in [0.15, 0.2) is 6.61 Å². The Hall–Kier alpha value is -3.08. The molecule has 0 aliphatic carbocycles. The number of benzene rings is 1. The monoisotopic (exact) mass is 426 g/mol. The van der Waals surface area contributed by atoms with Crippen molar-refractivity contribution in [3.63, 3.8) is 0 Å². The molecule has 0 amide bonds. The fourth-order valence-corrected chi connectivity index (χ4v) is 3.34. The maximum absolute atomic E-state index is 12.9. The van der Waals surface area contributed by atoms with E-state index in [-0.39, 0.29) is 18.3 Å². The van der Waals surface area contributed by atoms with Gasteiger partial charge in [0.05, 0.1) is 28.9 Å². The molecular formula is C18H17F3N4O3S. The van der Waals surface area contributed by atoms with Crippen LogP contribution >= 0.6 is 11.3 Å². The lowest BCUT2D eigenvalue weighted by molar-refractivity contribution is -0.137. The molecule has 0 aliphatic heterocycles. The molecule has 0 spiro atoms. The molecule has 3 aromatic rings. The minimum absolute atomic E-state index is 0.0216. The van der Waals surface area contributed by atoms with Crippen LogP contribution in [0.3, 0.4) is 0 Å². The van der Waals surface area contributed by atoms with Gasteiger partial charge in [0.1, 0.15) is 0 Å². The number of alkyl halides is 3. The van der Waals surface area contributed by atoms with Crippen LogP contribution in [0.15, 0.2) is 45.7 Å². The molecular weight excluding hydrogens is 409 g/mol. The lowest BCUT2D eigenvalue weighted by Gasteiger charge is -2.09. The Balaban J connectivity index is 1.79. The number of oxime groups is 1. The van der Waals surface area contributed by atoms with Gasteiger partial charge in [-0.15, -0.1) is 16.4 Å². The summed E-state index contributed by atoms with van der Waals surface area (Å²) in [5, 5.41) is 9.68. The average Bonchev–Trinajstić information content (AvgIpc) is 3.25. The van der Waals surface area contributed by atoms with Crippen LogP contribution in [0.2, 0.25) is 0 Å². The fourth-order valence-electron chi connectivity index (χ4n) is 2.58. The summed E-state index contributed by atoms with van der Waals surface area (Å²) in [4.78, 5) is 18.3. The smallest absolute Gasteiger partial charge is 0.416 e. The highest BCUT2D eigenvalue weighted by molar-refractivity contribution is 7.10. The van der Waals surface area contributed by atoms with Crippen LogP contribution in [0.1, 0.15) is 22.9 Å². The number of methoxy groups -OCH3 is 1. The van der Waals surface area contributed by atoms with E-state index in [1.807, 2.05) is 0 Å². The van der Waals surface area contributed by atoms with Crippen LogP contribution in [0.4, 0.5) is 13.2 Å². The topological polar surface area (TPSA) is 70.6 Å². The molecule has 0 unspecified atom stereocenters. The van der Waals surface area contributed by atoms with Gasteiger partial charge < -0.3 is 9.57 Å². The molecule has 1 aromatic carbocycles. The number of thiophene rings is 1. The minimum atomic E-state index is -4.43. The van der Waals surface area contributed by atoms with Crippen molar-refractivity contribution >= 4 is 17.0 Å². The van der Waals surface area contributed by atoms with Gasteiger partial charge >= 0.3 is 17.9 Å². The summed E-state index contributed by atoms with van der Waals surface area (Å²) in [6.07, 6.45) is -4.43. The van der Waals surface area contributed by atoms with E-state index in [1.54, 1.807) is 18.4 Å². The molecule has 2 heterocycles. The van der Waals surface area contributed by atoms with Gasteiger partial charge in [0, 0.05) is 7.05 Å². The van der Waals surface area contributed by atoms with E-state index in [2.05, 4.69) is 10.3 Å². The van der Waals surface area contributed by atoms with E-state index >= 15 is 0 Å². The summed E-state index contributed by atoms with van der Waals surface area (Å²) in [5.74, 6) is 0. The van der Waals surface area contributed by atoms with Gasteiger partial charge in [-0.3, -0.25) is 0 Å². The van der Waals surface area contributed by atoms with Gasteiger partial charge in [0.25, 0.3) is 0 Å². The molecule has 0 bridgehead atoms. The molecule has 0 saturated carbocycles. The van der Waals surface area contributed by atoms with Gasteiger partial charge in [-0.1, -0.05) is 17.3 Å². The van der Waals surface area contributed by atoms with Crippen molar-refractivity contribution in [2.75, 3.05) is 7.11 Å². The van der Waals surface area contributed by atoms with E-state index in [0.717, 1.165) is 16.8 Å². The maximum atomic E-state index is 12.9. The summed E-state index contributed by atoms with van der Waals surface area (Å²) in [6.45, 7) is 1.58. The van der Waals surface area contributed by atoms with Crippen molar-refractivity contribution < 1.29 is 22.7 Å². The maximum Gasteiger partial charge on any atom is 0.416 e. The first-order chi connectivity index (χ1) is 13.7. The largest absolute Gasteiger partial charge is 0.467 e. The van der Waals surface area contributed by atoms with Crippen LogP contribution in [-0.4, -0.2) is 27.2 Å². The third-order valence-corrected chi connectivity index (χ3v) is 4.93. The predicted octanol–water partition coefficient (Wildman–Crippen LogP) is 3.60. The van der Waals surface area contributed by atoms with Crippen molar-refractivity contribution in [3.8, 4) is 11.7 Å². The third kappa shape index (κ3) is 4.34. The molecule has 3 rings (SSSR count). The van der Waals surface area contributed by atoms with Gasteiger partial charge in [-0.05, 0) is 36.1 Å². The number of aromatic nitrogens is 3. The van der Waals surface area contributed by atoms with Crippen molar-refractivity contribution in [1.82, 2.24) is 14.3 Å². The molecule has 0 radical (unpaired) electrons. The Morgan fingerprint density at radius 2 is 2.07 bits per heavy atom. The lowest BCUT2D eigenvalue weighted by atomic mass is 10.1. The van der Waals surface area contributed by atoms with E-state index in [4.69, 9.17) is 9.57 Å². The first-order valence-corrected chi connectivity index (χ1v) is 9.21. The summed E-state index contributed by atoms with van der Waals surface area (Å²) in [6, 6.07) is 6.69. The quantitative estimate of drug-likeness (QED) is 0.446. The molecule has 29 heavy (non-hydrogen) atoms. The molecule has 0 atom stereocenters. The van der Waals surface area contributed by atoms with Gasteiger partial charge in [-0.25, -0.2) is 14.0 Å². The number of hydrogen-bond donors (Lipinski definition) is 0. The van der Waals surface area contributed by atoms with Crippen LogP contribution in [0.5, 0.6) is 6.01 Å². The second-order valence-corrected chi connectivity index (χ2v) is 6.99. The summed E-state index contributed by atoms with van der Waals surface area (Å²) in [7, 11) is 2.91. The number of aryl methyl sites for hydroxylation is 1. The molecule has 0 saturated heterocycles. The first-order valence-electron chi connectivity index (χ1n) is 8.33. The van der Waals surface area contributed by atoms with Crippen molar-refractivity contribution in [1.29, 1.82) is 0 Å². The Morgan fingerprint density at radius 1 is 1.31 bits per heavy atom. The third-order valence-electron chi connectivity index (χ3n) is 4.05. The zero-order valence-corrected chi connectivity index (χ0v) is 16.5. The summed E-state index contributed by atoms with van der Waals surface area (Å²) < 4.78 is 46.2. The van der Waals surface area contributed by atoms with Crippen LogP contribution < -0.4 is 10.4 Å². The Morgan fingerprint density at radius 3 is 2.76 bits per heavy atom. The van der Waals surface area contributed by atoms with E-state index in [0.29, 0.717) is 21.8 Å². The molecule has 154 valence electrons. The normalized spacial score (nSPS) is 12.3. The van der Waals surface area contributed by atoms with E-state index < -0.39 is 11.7 Å². The number of halogens is 3. The zero-order chi connectivity index (χ0) is 21.2. The number of nitrogens with zero attached hydrogens (tertiary/aromatic N) is 4. The zero-order valence-electron chi connectivity index (χ0n) is 15.7. The summed E-state index contributed by atoms with van der Waals surface area (Å²) >= 11 is 1.34. The van der Waals surface area contributed by atoms with Gasteiger partial charge in [-0.2, -0.15) is 13.2 Å². The Kier molecular flexibility index (Phi) is 5.78. The minimum Gasteiger partial charge on any atom is -0.467 e. The Labute approximate surface area is 167 Å². The number of ether oxygens (including phenoxy) is 1. The molecule has 0 fully saturated rings. The average molecular weight is 426 g/mol. The van der Waals surface area contributed by atoms with Crippen LogP contribution in [0.25, 0.3) is 5.69 Å². The van der Waals surface area contributed by atoms with Crippen molar-refractivity contribution in [2.45, 2.75) is 19.7 Å². The lowest BCUT2D eigenvalue weighted by Crippen LogP contribution is -2.22. The van der Waals surface area contributed by atoms with Crippen molar-refractivity contribution in [3.05, 3.63) is 62.2 Å². The van der Waals surface area contributed by atoms with Crippen molar-refractivity contribution in [2.24, 2.45) is 12.2 Å². The summed E-state index contributed by atoms with van der Waals surface area (Å²) in [5.41, 5.74) is -0.00290. The molecule has 2 aromatic heterocycles. The molecule has 0 aliphatic rings. The van der Waals surface area contributed by atoms with E-state index in [1.165, 1.54) is 42.2 Å². The van der Waals surface area contributed by atoms with Crippen LogP contribution in [0, 0.1) is 0 Å².